The molecule has 0 aromatic carbocycles. The second kappa shape index (κ2) is 6.62. The van der Waals surface area contributed by atoms with Crippen LogP contribution in [0.1, 0.15) is 41.5 Å². The number of hydrogen-bond donors (Lipinski definition) is 2. The molecular formula is C14H27N3O4. The van der Waals surface area contributed by atoms with Crippen molar-refractivity contribution >= 4 is 12.0 Å². The molecule has 0 radical (unpaired) electrons. The third kappa shape index (κ3) is 6.31. The molecular weight excluding hydrogens is 274 g/mol. The van der Waals surface area contributed by atoms with E-state index in [-0.39, 0.29) is 5.91 Å². The van der Waals surface area contributed by atoms with Crippen molar-refractivity contribution in [1.29, 1.82) is 0 Å². The van der Waals surface area contributed by atoms with Crippen LogP contribution in [0, 0.1) is 0 Å². The van der Waals surface area contributed by atoms with E-state index < -0.39 is 23.3 Å². The first-order valence-electron chi connectivity index (χ1n) is 7.18. The summed E-state index contributed by atoms with van der Waals surface area (Å²) >= 11 is 0. The maximum Gasteiger partial charge on any atom is 0.411 e. The molecule has 0 bridgehead atoms. The van der Waals surface area contributed by atoms with Gasteiger partial charge in [-0.15, -0.1) is 0 Å². The van der Waals surface area contributed by atoms with E-state index >= 15 is 0 Å². The van der Waals surface area contributed by atoms with E-state index in [0.29, 0.717) is 19.6 Å². The third-order valence-corrected chi connectivity index (χ3v) is 2.63. The summed E-state index contributed by atoms with van der Waals surface area (Å²) < 4.78 is 5.34. The average molecular weight is 301 g/mol. The lowest BCUT2D eigenvalue weighted by Crippen LogP contribution is -2.60. The molecule has 7 heteroatoms. The summed E-state index contributed by atoms with van der Waals surface area (Å²) in [6.07, 6.45) is -0.486. The SMILES string of the molecule is CC(C)(C)ONC(=O)[C@H]1CNCCN1C(=O)OC(C)(C)C. The van der Waals surface area contributed by atoms with E-state index in [0.717, 1.165) is 0 Å². The van der Waals surface area contributed by atoms with Crippen molar-refractivity contribution in [3.63, 3.8) is 0 Å². The molecule has 0 spiro atoms. The number of nitrogens with one attached hydrogen (secondary N) is 2. The summed E-state index contributed by atoms with van der Waals surface area (Å²) in [7, 11) is 0. The third-order valence-electron chi connectivity index (χ3n) is 2.63. The van der Waals surface area contributed by atoms with Crippen LogP contribution >= 0.6 is 0 Å². The molecule has 0 saturated carbocycles. The fourth-order valence-electron chi connectivity index (χ4n) is 1.75. The standard InChI is InChI=1S/C14H27N3O4/c1-13(2,3)20-12(19)17-8-7-15-9-10(17)11(18)16-21-14(4,5)6/h10,15H,7-9H2,1-6H3,(H,16,18)/t10-/m1/s1. The Balaban J connectivity index is 2.68. The summed E-state index contributed by atoms with van der Waals surface area (Å²) in [6, 6.07) is -0.643. The van der Waals surface area contributed by atoms with Gasteiger partial charge >= 0.3 is 6.09 Å². The minimum atomic E-state index is -0.643. The molecule has 0 aromatic heterocycles. The van der Waals surface area contributed by atoms with E-state index in [1.807, 2.05) is 20.8 Å². The Morgan fingerprint density at radius 1 is 1.14 bits per heavy atom. The number of rotatable bonds is 2. The summed E-state index contributed by atoms with van der Waals surface area (Å²) in [6.45, 7) is 12.3. The van der Waals surface area contributed by atoms with Crippen molar-refractivity contribution in [2.75, 3.05) is 19.6 Å². The van der Waals surface area contributed by atoms with Crippen LogP contribution in [-0.4, -0.2) is 53.8 Å². The molecule has 1 fully saturated rings. The predicted molar refractivity (Wildman–Crippen MR) is 78.6 cm³/mol. The number of carbonyl (C=O) groups is 2. The van der Waals surface area contributed by atoms with Crippen LogP contribution in [0.5, 0.6) is 0 Å². The second-order valence-corrected chi connectivity index (χ2v) is 7.07. The van der Waals surface area contributed by atoms with Gasteiger partial charge in [0.1, 0.15) is 11.6 Å². The number of piperazine rings is 1. The number of ether oxygens (including phenoxy) is 1. The highest BCUT2D eigenvalue weighted by atomic mass is 16.7. The summed E-state index contributed by atoms with van der Waals surface area (Å²) in [5, 5.41) is 3.09. The first kappa shape index (κ1) is 17.7. The quantitative estimate of drug-likeness (QED) is 0.745. The Kier molecular flexibility index (Phi) is 5.58. The maximum absolute atomic E-state index is 12.2. The van der Waals surface area contributed by atoms with Gasteiger partial charge in [0.15, 0.2) is 0 Å². The summed E-state index contributed by atoms with van der Waals surface area (Å²) in [4.78, 5) is 31.1. The van der Waals surface area contributed by atoms with Crippen molar-refractivity contribution in [3.05, 3.63) is 0 Å². The van der Waals surface area contributed by atoms with Gasteiger partial charge in [0.2, 0.25) is 0 Å². The van der Waals surface area contributed by atoms with Gasteiger partial charge in [-0.3, -0.25) is 14.5 Å². The molecule has 2 N–H and O–H groups in total. The highest BCUT2D eigenvalue weighted by molar-refractivity contribution is 5.85. The average Bonchev–Trinajstić information content (AvgIpc) is 2.33. The molecule has 1 aliphatic rings. The zero-order valence-corrected chi connectivity index (χ0v) is 13.8. The number of hydroxylamine groups is 1. The van der Waals surface area contributed by atoms with Crippen molar-refractivity contribution in [2.24, 2.45) is 0 Å². The molecule has 1 atom stereocenters. The zero-order chi connectivity index (χ0) is 16.3. The maximum atomic E-state index is 12.2. The molecule has 0 aliphatic carbocycles. The highest BCUT2D eigenvalue weighted by Crippen LogP contribution is 2.14. The predicted octanol–water partition coefficient (Wildman–Crippen LogP) is 1.04. The molecule has 0 unspecified atom stereocenters. The normalized spacial score (nSPS) is 20.1. The van der Waals surface area contributed by atoms with E-state index in [4.69, 9.17) is 9.57 Å². The van der Waals surface area contributed by atoms with Crippen molar-refractivity contribution in [2.45, 2.75) is 58.8 Å². The van der Waals surface area contributed by atoms with Gasteiger partial charge in [0.25, 0.3) is 5.91 Å². The first-order chi connectivity index (χ1) is 9.49. The Morgan fingerprint density at radius 3 is 2.29 bits per heavy atom. The van der Waals surface area contributed by atoms with Crippen LogP contribution in [0.4, 0.5) is 4.79 Å². The lowest BCUT2D eigenvalue weighted by atomic mass is 10.2. The highest BCUT2D eigenvalue weighted by Gasteiger charge is 2.35. The van der Waals surface area contributed by atoms with Crippen LogP contribution in [-0.2, 0) is 14.4 Å². The monoisotopic (exact) mass is 301 g/mol. The van der Waals surface area contributed by atoms with E-state index in [2.05, 4.69) is 10.8 Å². The van der Waals surface area contributed by atoms with Gasteiger partial charge in [-0.25, -0.2) is 10.3 Å². The lowest BCUT2D eigenvalue weighted by molar-refractivity contribution is -0.151. The first-order valence-corrected chi connectivity index (χ1v) is 7.18. The zero-order valence-electron chi connectivity index (χ0n) is 13.8. The van der Waals surface area contributed by atoms with Gasteiger partial charge in [0.05, 0.1) is 5.60 Å². The molecule has 122 valence electrons. The number of amides is 2. The fourth-order valence-corrected chi connectivity index (χ4v) is 1.75. The van der Waals surface area contributed by atoms with Gasteiger partial charge in [-0.1, -0.05) is 0 Å². The van der Waals surface area contributed by atoms with E-state index in [9.17, 15) is 9.59 Å². The second-order valence-electron chi connectivity index (χ2n) is 7.07. The van der Waals surface area contributed by atoms with Crippen LogP contribution in [0.25, 0.3) is 0 Å². The molecule has 1 heterocycles. The van der Waals surface area contributed by atoms with Crippen LogP contribution < -0.4 is 10.8 Å². The molecule has 1 aliphatic heterocycles. The van der Waals surface area contributed by atoms with E-state index in [1.54, 1.807) is 20.8 Å². The Bertz CT molecular complexity index is 385. The topological polar surface area (TPSA) is 79.9 Å². The van der Waals surface area contributed by atoms with Gasteiger partial charge in [0, 0.05) is 19.6 Å². The minimum absolute atomic E-state index is 0.358. The number of hydrogen-bond acceptors (Lipinski definition) is 5. The smallest absolute Gasteiger partial charge is 0.411 e. The van der Waals surface area contributed by atoms with E-state index in [1.165, 1.54) is 4.90 Å². The number of carbonyl (C=O) groups excluding carboxylic acids is 2. The van der Waals surface area contributed by atoms with Crippen LogP contribution in [0.3, 0.4) is 0 Å². The summed E-state index contributed by atoms with van der Waals surface area (Å²) in [5.74, 6) is -0.358. The molecule has 1 saturated heterocycles. The molecule has 21 heavy (non-hydrogen) atoms. The van der Waals surface area contributed by atoms with Crippen LogP contribution in [0.15, 0.2) is 0 Å². The number of nitrogens with zero attached hydrogens (tertiary/aromatic N) is 1. The van der Waals surface area contributed by atoms with Crippen molar-refractivity contribution in [1.82, 2.24) is 15.7 Å². The largest absolute Gasteiger partial charge is 0.444 e. The summed E-state index contributed by atoms with van der Waals surface area (Å²) in [5.41, 5.74) is 1.33. The van der Waals surface area contributed by atoms with Gasteiger partial charge < -0.3 is 10.1 Å². The fraction of sp³-hybridized carbons (Fsp3) is 0.857. The van der Waals surface area contributed by atoms with Crippen molar-refractivity contribution in [3.8, 4) is 0 Å². The molecule has 7 nitrogen and oxygen atoms in total. The minimum Gasteiger partial charge on any atom is -0.444 e. The van der Waals surface area contributed by atoms with Gasteiger partial charge in [-0.05, 0) is 41.5 Å². The molecule has 1 rings (SSSR count). The Hall–Kier alpha value is -1.34. The molecule has 2 amide bonds. The Labute approximate surface area is 126 Å². The Morgan fingerprint density at radius 2 is 1.76 bits per heavy atom. The molecule has 0 aromatic rings. The van der Waals surface area contributed by atoms with Gasteiger partial charge in [-0.2, -0.15) is 0 Å². The lowest BCUT2D eigenvalue weighted by Gasteiger charge is -2.36. The van der Waals surface area contributed by atoms with Crippen molar-refractivity contribution < 1.29 is 19.2 Å². The van der Waals surface area contributed by atoms with Crippen LogP contribution in [0.2, 0.25) is 0 Å².